The molecule has 4 rings (SSSR count). The van der Waals surface area contributed by atoms with Crippen LogP contribution in [0.1, 0.15) is 32.7 Å². The van der Waals surface area contributed by atoms with Gasteiger partial charge >= 0.3 is 0 Å². The summed E-state index contributed by atoms with van der Waals surface area (Å²) in [5.41, 5.74) is 6.55. The summed E-state index contributed by atoms with van der Waals surface area (Å²) in [6, 6.07) is 18.2. The maximum atomic E-state index is 13.2. The van der Waals surface area contributed by atoms with Crippen LogP contribution in [0, 0.1) is 6.92 Å². The fourth-order valence-electron chi connectivity index (χ4n) is 3.47. The Morgan fingerprint density at radius 1 is 1.00 bits per heavy atom. The van der Waals surface area contributed by atoms with E-state index in [1.54, 1.807) is 0 Å². The van der Waals surface area contributed by atoms with Crippen LogP contribution in [0.15, 0.2) is 60.8 Å². The zero-order chi connectivity index (χ0) is 16.7. The van der Waals surface area contributed by atoms with E-state index in [1.807, 2.05) is 48.2 Å². The molecule has 0 spiro atoms. The second-order valence-corrected chi connectivity index (χ2v) is 6.46. The van der Waals surface area contributed by atoms with Crippen molar-refractivity contribution in [3.05, 3.63) is 88.7 Å². The molecule has 1 amide bonds. The molecule has 1 aromatic heterocycles. The molecule has 0 bridgehead atoms. The molecule has 0 radical (unpaired) electrons. The minimum Gasteiger partial charge on any atom is -0.354 e. The molecule has 0 fully saturated rings. The number of hydrogen-bond acceptors (Lipinski definition) is 1. The molecule has 0 saturated heterocycles. The number of anilines is 1. The van der Waals surface area contributed by atoms with Gasteiger partial charge < -0.3 is 9.47 Å². The third kappa shape index (κ3) is 2.42. The molecule has 1 aliphatic heterocycles. The van der Waals surface area contributed by atoms with Crippen LogP contribution in [-0.4, -0.2) is 10.5 Å². The third-order valence-electron chi connectivity index (χ3n) is 4.77. The van der Waals surface area contributed by atoms with Gasteiger partial charge in [-0.1, -0.05) is 35.9 Å². The van der Waals surface area contributed by atoms with E-state index in [4.69, 9.17) is 0 Å². The molecule has 0 unspecified atom stereocenters. The highest BCUT2D eigenvalue weighted by atomic mass is 16.2. The number of fused-ring (bicyclic) bond motifs is 2. The molecule has 0 atom stereocenters. The number of para-hydroxylation sites is 1. The smallest absolute Gasteiger partial charge is 0.258 e. The van der Waals surface area contributed by atoms with Crippen LogP contribution in [0.25, 0.3) is 0 Å². The van der Waals surface area contributed by atoms with E-state index in [1.165, 1.54) is 16.8 Å². The molecule has 3 nitrogen and oxygen atoms in total. The van der Waals surface area contributed by atoms with Gasteiger partial charge in [0.1, 0.15) is 0 Å². The minimum absolute atomic E-state index is 0.0582. The van der Waals surface area contributed by atoms with E-state index in [2.05, 4.69) is 36.0 Å². The molecule has 0 saturated carbocycles. The van der Waals surface area contributed by atoms with Crippen molar-refractivity contribution in [2.75, 3.05) is 4.90 Å². The van der Waals surface area contributed by atoms with Crippen LogP contribution in [0.3, 0.4) is 0 Å². The van der Waals surface area contributed by atoms with E-state index < -0.39 is 0 Å². The van der Waals surface area contributed by atoms with Crippen molar-refractivity contribution in [3.8, 4) is 0 Å². The number of benzene rings is 2. The Balaban J connectivity index is 1.83. The first kappa shape index (κ1) is 14.8. The molecule has 3 aromatic rings. The van der Waals surface area contributed by atoms with Gasteiger partial charge in [0.25, 0.3) is 5.91 Å². The number of nitrogens with zero attached hydrogens (tertiary/aromatic N) is 2. The fraction of sp³-hybridized carbons (Fsp3) is 0.190. The molecule has 2 heterocycles. The Morgan fingerprint density at radius 3 is 2.67 bits per heavy atom. The van der Waals surface area contributed by atoms with Crippen molar-refractivity contribution >= 4 is 11.6 Å². The predicted molar refractivity (Wildman–Crippen MR) is 96.4 cm³/mol. The molecular weight excluding hydrogens is 296 g/mol. The van der Waals surface area contributed by atoms with Crippen molar-refractivity contribution in [3.63, 3.8) is 0 Å². The molecular formula is C21H20N2O. The standard InChI is InChI=1S/C21H20N2O/c1-15-6-5-8-17(12-15)21(24)23-14-18-10-11-22(2)20(18)13-16-7-3-4-9-19(16)23/h3-12H,13-14H2,1-2H3. The second-order valence-electron chi connectivity index (χ2n) is 6.46. The lowest BCUT2D eigenvalue weighted by atomic mass is 10.1. The van der Waals surface area contributed by atoms with E-state index in [-0.39, 0.29) is 5.91 Å². The third-order valence-corrected chi connectivity index (χ3v) is 4.77. The summed E-state index contributed by atoms with van der Waals surface area (Å²) in [7, 11) is 2.07. The highest BCUT2D eigenvalue weighted by Gasteiger charge is 2.25. The summed E-state index contributed by atoms with van der Waals surface area (Å²) in [6.45, 7) is 2.63. The van der Waals surface area contributed by atoms with Crippen LogP contribution in [0.2, 0.25) is 0 Å². The van der Waals surface area contributed by atoms with E-state index in [0.29, 0.717) is 6.54 Å². The maximum absolute atomic E-state index is 13.2. The molecule has 3 heteroatoms. The fourth-order valence-corrected chi connectivity index (χ4v) is 3.47. The van der Waals surface area contributed by atoms with Gasteiger partial charge in [0.15, 0.2) is 0 Å². The average Bonchev–Trinajstić information content (AvgIpc) is 2.84. The maximum Gasteiger partial charge on any atom is 0.258 e. The number of carbonyl (C=O) groups is 1. The monoisotopic (exact) mass is 316 g/mol. The van der Waals surface area contributed by atoms with Crippen LogP contribution in [0.5, 0.6) is 0 Å². The van der Waals surface area contributed by atoms with Crippen LogP contribution >= 0.6 is 0 Å². The molecule has 2 aromatic carbocycles. The Bertz CT molecular complexity index is 923. The Labute approximate surface area is 142 Å². The lowest BCUT2D eigenvalue weighted by Gasteiger charge is -2.23. The van der Waals surface area contributed by atoms with Gasteiger partial charge in [-0.2, -0.15) is 0 Å². The van der Waals surface area contributed by atoms with Crippen molar-refractivity contribution in [1.29, 1.82) is 0 Å². The van der Waals surface area contributed by atoms with Gasteiger partial charge in [-0.15, -0.1) is 0 Å². The zero-order valence-electron chi connectivity index (χ0n) is 14.0. The quantitative estimate of drug-likeness (QED) is 0.664. The number of hydrogen-bond donors (Lipinski definition) is 0. The van der Waals surface area contributed by atoms with Crippen LogP contribution < -0.4 is 4.90 Å². The summed E-state index contributed by atoms with van der Waals surface area (Å²) in [5, 5.41) is 0. The topological polar surface area (TPSA) is 25.2 Å². The lowest BCUT2D eigenvalue weighted by molar-refractivity contribution is 0.0985. The highest BCUT2D eigenvalue weighted by Crippen LogP contribution is 2.32. The van der Waals surface area contributed by atoms with Crippen molar-refractivity contribution in [2.45, 2.75) is 19.9 Å². The van der Waals surface area contributed by atoms with E-state index >= 15 is 0 Å². The van der Waals surface area contributed by atoms with Gasteiger partial charge in [-0.25, -0.2) is 0 Å². The Kier molecular flexibility index (Phi) is 3.49. The van der Waals surface area contributed by atoms with Gasteiger partial charge in [-0.05, 0) is 42.3 Å². The first-order valence-electron chi connectivity index (χ1n) is 8.23. The van der Waals surface area contributed by atoms with Gasteiger partial charge in [0.2, 0.25) is 0 Å². The largest absolute Gasteiger partial charge is 0.354 e. The van der Waals surface area contributed by atoms with Crippen molar-refractivity contribution in [1.82, 2.24) is 4.57 Å². The van der Waals surface area contributed by atoms with E-state index in [9.17, 15) is 4.79 Å². The van der Waals surface area contributed by atoms with Crippen LogP contribution in [-0.2, 0) is 20.0 Å². The zero-order valence-corrected chi connectivity index (χ0v) is 14.0. The van der Waals surface area contributed by atoms with E-state index in [0.717, 1.165) is 23.2 Å². The summed E-state index contributed by atoms with van der Waals surface area (Å²) >= 11 is 0. The van der Waals surface area contributed by atoms with Crippen molar-refractivity contribution < 1.29 is 4.79 Å². The van der Waals surface area contributed by atoms with Gasteiger partial charge in [0, 0.05) is 36.6 Å². The summed E-state index contributed by atoms with van der Waals surface area (Å²) in [6.07, 6.45) is 2.93. The van der Waals surface area contributed by atoms with Crippen LogP contribution in [0.4, 0.5) is 5.69 Å². The Hall–Kier alpha value is -2.81. The second kappa shape index (κ2) is 5.68. The van der Waals surface area contributed by atoms with Crippen molar-refractivity contribution in [2.24, 2.45) is 7.05 Å². The Morgan fingerprint density at radius 2 is 1.83 bits per heavy atom. The molecule has 1 aliphatic rings. The van der Waals surface area contributed by atoms with Gasteiger partial charge in [0.05, 0.1) is 6.54 Å². The minimum atomic E-state index is 0.0582. The average molecular weight is 316 g/mol. The summed E-state index contributed by atoms with van der Waals surface area (Å²) < 4.78 is 2.16. The molecule has 120 valence electrons. The predicted octanol–water partition coefficient (Wildman–Crippen LogP) is 4.08. The van der Waals surface area contributed by atoms with Gasteiger partial charge in [-0.3, -0.25) is 4.79 Å². The summed E-state index contributed by atoms with van der Waals surface area (Å²) in [5.74, 6) is 0.0582. The lowest BCUT2D eigenvalue weighted by Crippen LogP contribution is -2.30. The normalized spacial score (nSPS) is 13.2. The first-order valence-corrected chi connectivity index (χ1v) is 8.23. The molecule has 0 N–H and O–H groups in total. The number of aryl methyl sites for hydroxylation is 2. The first-order chi connectivity index (χ1) is 11.6. The highest BCUT2D eigenvalue weighted by molar-refractivity contribution is 6.06. The summed E-state index contributed by atoms with van der Waals surface area (Å²) in [4.78, 5) is 15.1. The number of amides is 1. The number of aromatic nitrogens is 1. The molecule has 0 aliphatic carbocycles. The number of carbonyl (C=O) groups excluding carboxylic acids is 1. The molecule has 24 heavy (non-hydrogen) atoms. The number of rotatable bonds is 1. The SMILES string of the molecule is Cc1cccc(C(=O)N2Cc3ccn(C)c3Cc3ccccc32)c1.